The molecule has 2 heterocycles. The van der Waals surface area contributed by atoms with E-state index in [9.17, 15) is 9.59 Å². The molecular formula is C23H33N3O2. The molecule has 2 amide bonds. The maximum atomic E-state index is 13.0. The molecule has 28 heavy (non-hydrogen) atoms. The van der Waals surface area contributed by atoms with Crippen molar-refractivity contribution in [2.45, 2.75) is 57.9 Å². The van der Waals surface area contributed by atoms with Gasteiger partial charge >= 0.3 is 0 Å². The molecule has 1 atom stereocenters. The molecule has 5 nitrogen and oxygen atoms in total. The van der Waals surface area contributed by atoms with Crippen LogP contribution in [0, 0.1) is 11.8 Å². The third kappa shape index (κ3) is 4.24. The molecule has 3 aliphatic rings. The molecular weight excluding hydrogens is 350 g/mol. The minimum absolute atomic E-state index is 0.0312. The largest absolute Gasteiger partial charge is 0.342 e. The average Bonchev–Trinajstić information content (AvgIpc) is 3.47. The highest BCUT2D eigenvalue weighted by molar-refractivity contribution is 6.09. The number of hydrogen-bond acceptors (Lipinski definition) is 3. The van der Waals surface area contributed by atoms with Gasteiger partial charge in [0.25, 0.3) is 0 Å². The summed E-state index contributed by atoms with van der Waals surface area (Å²) in [7, 11) is 0. The Labute approximate surface area is 168 Å². The minimum Gasteiger partial charge on any atom is -0.342 e. The molecule has 0 bridgehead atoms. The first-order valence-corrected chi connectivity index (χ1v) is 11.0. The number of rotatable bonds is 6. The number of nitrogens with zero attached hydrogens (tertiary/aromatic N) is 2. The van der Waals surface area contributed by atoms with Crippen LogP contribution in [0.1, 0.15) is 57.4 Å². The van der Waals surface area contributed by atoms with Gasteiger partial charge in [0.1, 0.15) is 5.92 Å². The third-order valence-electron chi connectivity index (χ3n) is 6.57. The summed E-state index contributed by atoms with van der Waals surface area (Å²) in [6.45, 7) is 7.63. The first-order chi connectivity index (χ1) is 13.5. The lowest BCUT2D eigenvalue weighted by atomic mass is 10.0. The van der Waals surface area contributed by atoms with Crippen LogP contribution < -0.4 is 10.2 Å². The van der Waals surface area contributed by atoms with Gasteiger partial charge in [0.05, 0.1) is 0 Å². The fourth-order valence-electron chi connectivity index (χ4n) is 4.38. The zero-order valence-electron chi connectivity index (χ0n) is 17.2. The van der Waals surface area contributed by atoms with Crippen molar-refractivity contribution in [3.05, 3.63) is 29.8 Å². The maximum absolute atomic E-state index is 13.0. The van der Waals surface area contributed by atoms with Crippen molar-refractivity contribution < 1.29 is 9.59 Å². The monoisotopic (exact) mass is 383 g/mol. The Morgan fingerprint density at radius 3 is 2.32 bits per heavy atom. The second kappa shape index (κ2) is 8.24. The molecule has 3 fully saturated rings. The predicted octanol–water partition coefficient (Wildman–Crippen LogP) is 3.15. The number of anilines is 1. The van der Waals surface area contributed by atoms with Crippen LogP contribution in [0.25, 0.3) is 0 Å². The topological polar surface area (TPSA) is 52.7 Å². The van der Waals surface area contributed by atoms with Gasteiger partial charge in [-0.2, -0.15) is 0 Å². The Hall–Kier alpha value is -1.88. The molecule has 0 radical (unpaired) electrons. The van der Waals surface area contributed by atoms with Gasteiger partial charge in [0.2, 0.25) is 11.8 Å². The summed E-state index contributed by atoms with van der Waals surface area (Å²) < 4.78 is 0. The van der Waals surface area contributed by atoms with E-state index < -0.39 is 5.92 Å². The van der Waals surface area contributed by atoms with E-state index in [2.05, 4.69) is 31.3 Å². The third-order valence-corrected chi connectivity index (χ3v) is 6.57. The van der Waals surface area contributed by atoms with Crippen molar-refractivity contribution in [3.8, 4) is 0 Å². The number of hydrogen-bond donors (Lipinski definition) is 1. The number of amides is 2. The molecule has 2 aliphatic heterocycles. The molecule has 1 aromatic rings. The first-order valence-electron chi connectivity index (χ1n) is 11.0. The van der Waals surface area contributed by atoms with Gasteiger partial charge in [-0.3, -0.25) is 9.59 Å². The van der Waals surface area contributed by atoms with Crippen LogP contribution in [0.3, 0.4) is 0 Å². The lowest BCUT2D eigenvalue weighted by Crippen LogP contribution is -2.48. The molecule has 1 aliphatic carbocycles. The number of benzene rings is 1. The SMILES string of the molecule is CC(C)c1ccc(N2CCC(C(=O)N3CCC(NCC4CC4)CC3)C2=O)cc1. The molecule has 1 aromatic carbocycles. The van der Waals surface area contributed by atoms with Gasteiger partial charge in [0, 0.05) is 31.4 Å². The van der Waals surface area contributed by atoms with Crippen molar-refractivity contribution in [3.63, 3.8) is 0 Å². The standard InChI is InChI=1S/C23H33N3O2/c1-16(2)18-5-7-20(8-6-18)26-14-11-21(23(26)28)22(27)25-12-9-19(10-13-25)24-15-17-3-4-17/h5-8,16-17,19,21,24H,3-4,9-15H2,1-2H3. The lowest BCUT2D eigenvalue weighted by molar-refractivity contribution is -0.140. The molecule has 1 saturated carbocycles. The second-order valence-electron chi connectivity index (χ2n) is 9.03. The summed E-state index contributed by atoms with van der Waals surface area (Å²) in [4.78, 5) is 29.6. The highest BCUT2D eigenvalue weighted by Gasteiger charge is 2.40. The highest BCUT2D eigenvalue weighted by atomic mass is 16.2. The van der Waals surface area contributed by atoms with E-state index in [1.807, 2.05) is 17.0 Å². The van der Waals surface area contributed by atoms with Crippen molar-refractivity contribution in [2.24, 2.45) is 11.8 Å². The summed E-state index contributed by atoms with van der Waals surface area (Å²) >= 11 is 0. The first kappa shape index (κ1) is 19.4. The molecule has 152 valence electrons. The van der Waals surface area contributed by atoms with E-state index >= 15 is 0 Å². The molecule has 2 saturated heterocycles. The van der Waals surface area contributed by atoms with Gasteiger partial charge < -0.3 is 15.1 Å². The van der Waals surface area contributed by atoms with E-state index in [1.54, 1.807) is 4.90 Å². The normalized spacial score (nSPS) is 23.7. The van der Waals surface area contributed by atoms with Crippen LogP contribution in [0.4, 0.5) is 5.69 Å². The zero-order chi connectivity index (χ0) is 19.7. The quantitative estimate of drug-likeness (QED) is 0.768. The fourth-order valence-corrected chi connectivity index (χ4v) is 4.38. The van der Waals surface area contributed by atoms with Crippen LogP contribution in [-0.4, -0.2) is 48.9 Å². The molecule has 4 rings (SSSR count). The van der Waals surface area contributed by atoms with E-state index in [-0.39, 0.29) is 11.8 Å². The van der Waals surface area contributed by atoms with Crippen LogP contribution in [0.5, 0.6) is 0 Å². The minimum atomic E-state index is -0.499. The summed E-state index contributed by atoms with van der Waals surface area (Å²) in [6, 6.07) is 8.72. The highest BCUT2D eigenvalue weighted by Crippen LogP contribution is 2.30. The predicted molar refractivity (Wildman–Crippen MR) is 111 cm³/mol. The summed E-state index contributed by atoms with van der Waals surface area (Å²) in [5, 5.41) is 3.65. The van der Waals surface area contributed by atoms with Gasteiger partial charge in [0.15, 0.2) is 0 Å². The van der Waals surface area contributed by atoms with Crippen LogP contribution in [-0.2, 0) is 9.59 Å². The number of nitrogens with one attached hydrogen (secondary N) is 1. The Kier molecular flexibility index (Phi) is 5.72. The van der Waals surface area contributed by atoms with E-state index in [0.29, 0.717) is 24.9 Å². The van der Waals surface area contributed by atoms with Crippen LogP contribution in [0.15, 0.2) is 24.3 Å². The Bertz CT molecular complexity index is 703. The summed E-state index contributed by atoms with van der Waals surface area (Å²) in [5.41, 5.74) is 2.17. The molecule has 0 spiro atoms. The summed E-state index contributed by atoms with van der Waals surface area (Å²) in [5.74, 6) is 0.861. The number of carbonyl (C=O) groups excluding carboxylic acids is 2. The van der Waals surface area contributed by atoms with Gasteiger partial charge in [-0.05, 0) is 68.2 Å². The summed E-state index contributed by atoms with van der Waals surface area (Å²) in [6.07, 6.45) is 5.36. The molecule has 1 unspecified atom stereocenters. The van der Waals surface area contributed by atoms with E-state index in [4.69, 9.17) is 0 Å². The Morgan fingerprint density at radius 1 is 1.04 bits per heavy atom. The molecule has 1 N–H and O–H groups in total. The van der Waals surface area contributed by atoms with Crippen molar-refractivity contribution in [1.82, 2.24) is 10.2 Å². The zero-order valence-corrected chi connectivity index (χ0v) is 17.2. The molecule has 5 heteroatoms. The number of carbonyl (C=O) groups is 2. The second-order valence-corrected chi connectivity index (χ2v) is 9.03. The van der Waals surface area contributed by atoms with E-state index in [1.165, 1.54) is 18.4 Å². The van der Waals surface area contributed by atoms with E-state index in [0.717, 1.165) is 44.1 Å². The smallest absolute Gasteiger partial charge is 0.239 e. The van der Waals surface area contributed by atoms with Crippen molar-refractivity contribution in [1.29, 1.82) is 0 Å². The number of piperidine rings is 1. The van der Waals surface area contributed by atoms with Crippen molar-refractivity contribution >= 4 is 17.5 Å². The van der Waals surface area contributed by atoms with Crippen LogP contribution in [0.2, 0.25) is 0 Å². The molecule has 0 aromatic heterocycles. The van der Waals surface area contributed by atoms with Crippen molar-refractivity contribution in [2.75, 3.05) is 31.1 Å². The maximum Gasteiger partial charge on any atom is 0.239 e. The van der Waals surface area contributed by atoms with Crippen LogP contribution >= 0.6 is 0 Å². The number of likely N-dealkylation sites (tertiary alicyclic amines) is 1. The Balaban J connectivity index is 1.31. The Morgan fingerprint density at radius 2 is 1.71 bits per heavy atom. The van der Waals surface area contributed by atoms with Gasteiger partial charge in [-0.25, -0.2) is 0 Å². The average molecular weight is 384 g/mol. The lowest BCUT2D eigenvalue weighted by Gasteiger charge is -2.33. The van der Waals surface area contributed by atoms with Gasteiger partial charge in [-0.15, -0.1) is 0 Å². The fraction of sp³-hybridized carbons (Fsp3) is 0.652. The van der Waals surface area contributed by atoms with Gasteiger partial charge in [-0.1, -0.05) is 26.0 Å².